The first-order valence-electron chi connectivity index (χ1n) is 11.1. The number of carbonyl (C=O) groups excluding carboxylic acids is 4. The van der Waals surface area contributed by atoms with E-state index in [4.69, 9.17) is 4.74 Å². The van der Waals surface area contributed by atoms with Crippen LogP contribution in [0.2, 0.25) is 0 Å². The third kappa shape index (κ3) is 4.81. The Bertz CT molecular complexity index is 855. The Balaban J connectivity index is 1.87. The quantitative estimate of drug-likeness (QED) is 0.390. The number of benzene rings is 1. The van der Waals surface area contributed by atoms with E-state index in [9.17, 15) is 19.2 Å². The van der Waals surface area contributed by atoms with Gasteiger partial charge in [0.2, 0.25) is 11.8 Å². The maximum atomic E-state index is 13.5. The molecule has 0 radical (unpaired) electrons. The molecule has 1 saturated heterocycles. The van der Waals surface area contributed by atoms with E-state index in [1.807, 2.05) is 20.8 Å². The highest BCUT2D eigenvalue weighted by Crippen LogP contribution is 2.35. The molecule has 7 nitrogen and oxygen atoms in total. The van der Waals surface area contributed by atoms with E-state index in [0.717, 1.165) is 37.0 Å². The number of carbonyl (C=O) groups is 4. The van der Waals surface area contributed by atoms with Gasteiger partial charge in [-0.1, -0.05) is 26.2 Å². The van der Waals surface area contributed by atoms with Gasteiger partial charge >= 0.3 is 5.97 Å². The van der Waals surface area contributed by atoms with E-state index >= 15 is 0 Å². The van der Waals surface area contributed by atoms with Crippen molar-refractivity contribution in [2.45, 2.75) is 84.2 Å². The Kier molecular flexibility index (Phi) is 6.82. The van der Waals surface area contributed by atoms with Crippen molar-refractivity contribution < 1.29 is 23.9 Å². The van der Waals surface area contributed by atoms with E-state index < -0.39 is 17.6 Å². The SMILES string of the molecule is CCC(C)(C)N(C(=O)C1CCCCC1)C1CC(=O)N(c2ccc(OC(C)=O)cc2)C1=O. The predicted molar refractivity (Wildman–Crippen MR) is 116 cm³/mol. The number of hydrogen-bond acceptors (Lipinski definition) is 5. The van der Waals surface area contributed by atoms with Crippen molar-refractivity contribution in [1.29, 1.82) is 0 Å². The second kappa shape index (κ2) is 9.20. The molecular weight excluding hydrogens is 396 g/mol. The first-order valence-corrected chi connectivity index (χ1v) is 11.1. The van der Waals surface area contributed by atoms with Gasteiger partial charge in [0.05, 0.1) is 12.1 Å². The summed E-state index contributed by atoms with van der Waals surface area (Å²) in [5, 5.41) is 0. The van der Waals surface area contributed by atoms with Crippen molar-refractivity contribution in [3.8, 4) is 5.75 Å². The van der Waals surface area contributed by atoms with Gasteiger partial charge in [0.25, 0.3) is 5.91 Å². The van der Waals surface area contributed by atoms with Crippen LogP contribution in [-0.2, 0) is 19.2 Å². The van der Waals surface area contributed by atoms with Gasteiger partial charge in [-0.2, -0.15) is 0 Å². The van der Waals surface area contributed by atoms with Crippen LogP contribution in [0.15, 0.2) is 24.3 Å². The van der Waals surface area contributed by atoms with Crippen molar-refractivity contribution in [2.75, 3.05) is 4.90 Å². The number of imide groups is 1. The zero-order valence-corrected chi connectivity index (χ0v) is 18.8. The summed E-state index contributed by atoms with van der Waals surface area (Å²) < 4.78 is 5.02. The van der Waals surface area contributed by atoms with Crippen LogP contribution in [0, 0.1) is 5.92 Å². The molecule has 3 amide bonds. The average Bonchev–Trinajstić information content (AvgIpc) is 3.02. The maximum absolute atomic E-state index is 13.5. The van der Waals surface area contributed by atoms with Gasteiger partial charge in [0, 0.05) is 18.4 Å². The van der Waals surface area contributed by atoms with Gasteiger partial charge in [-0.3, -0.25) is 19.2 Å². The molecule has 1 aromatic carbocycles. The molecule has 1 aliphatic heterocycles. The van der Waals surface area contributed by atoms with Crippen LogP contribution in [0.25, 0.3) is 0 Å². The molecule has 0 aromatic heterocycles. The lowest BCUT2D eigenvalue weighted by Crippen LogP contribution is -2.57. The fraction of sp³-hybridized carbons (Fsp3) is 0.583. The standard InChI is InChI=1S/C24H32N2O5/c1-5-24(3,4)26(22(29)17-9-7-6-8-10-17)20-15-21(28)25(23(20)30)18-11-13-19(14-12-18)31-16(2)27/h11-14,17,20H,5-10,15H2,1-4H3. The van der Waals surface area contributed by atoms with Crippen molar-refractivity contribution in [2.24, 2.45) is 5.92 Å². The minimum atomic E-state index is -0.801. The van der Waals surface area contributed by atoms with E-state index in [0.29, 0.717) is 17.9 Å². The van der Waals surface area contributed by atoms with E-state index in [-0.39, 0.29) is 30.1 Å². The van der Waals surface area contributed by atoms with Crippen LogP contribution in [0.1, 0.15) is 72.6 Å². The summed E-state index contributed by atoms with van der Waals surface area (Å²) in [6.45, 7) is 7.22. The lowest BCUT2D eigenvalue weighted by atomic mass is 9.85. The molecule has 1 saturated carbocycles. The van der Waals surface area contributed by atoms with Gasteiger partial charge in [-0.25, -0.2) is 4.90 Å². The molecule has 7 heteroatoms. The second-order valence-electron chi connectivity index (χ2n) is 9.08. The molecule has 31 heavy (non-hydrogen) atoms. The Morgan fingerprint density at radius 1 is 1.10 bits per heavy atom. The third-order valence-electron chi connectivity index (χ3n) is 6.50. The Labute approximate surface area is 183 Å². The second-order valence-corrected chi connectivity index (χ2v) is 9.08. The highest BCUT2D eigenvalue weighted by atomic mass is 16.5. The number of hydrogen-bond donors (Lipinski definition) is 0. The first-order chi connectivity index (χ1) is 14.7. The summed E-state index contributed by atoms with van der Waals surface area (Å²) in [4.78, 5) is 53.7. The summed E-state index contributed by atoms with van der Waals surface area (Å²) in [6.07, 6.45) is 5.52. The molecule has 1 unspecified atom stereocenters. The largest absolute Gasteiger partial charge is 0.427 e. The van der Waals surface area contributed by atoms with Crippen LogP contribution < -0.4 is 9.64 Å². The molecule has 0 spiro atoms. The fourth-order valence-electron chi connectivity index (χ4n) is 4.51. The first kappa shape index (κ1) is 23.0. The summed E-state index contributed by atoms with van der Waals surface area (Å²) in [5.74, 6) is -0.906. The molecule has 2 fully saturated rings. The molecule has 1 heterocycles. The van der Waals surface area contributed by atoms with Gasteiger partial charge in [0.1, 0.15) is 11.8 Å². The normalized spacial score (nSPS) is 20.1. The molecule has 168 valence electrons. The fourth-order valence-corrected chi connectivity index (χ4v) is 4.51. The highest BCUT2D eigenvalue weighted by Gasteiger charge is 2.49. The Morgan fingerprint density at radius 3 is 2.26 bits per heavy atom. The van der Waals surface area contributed by atoms with Crippen LogP contribution in [0.5, 0.6) is 5.75 Å². The van der Waals surface area contributed by atoms with Gasteiger partial charge in [-0.05, 0) is 57.4 Å². The number of esters is 1. The highest BCUT2D eigenvalue weighted by molar-refractivity contribution is 6.23. The van der Waals surface area contributed by atoms with E-state index in [1.54, 1.807) is 29.2 Å². The van der Waals surface area contributed by atoms with Crippen LogP contribution in [0.3, 0.4) is 0 Å². The average molecular weight is 429 g/mol. The number of anilines is 1. The van der Waals surface area contributed by atoms with Crippen molar-refractivity contribution in [3.63, 3.8) is 0 Å². The Morgan fingerprint density at radius 2 is 1.71 bits per heavy atom. The van der Waals surface area contributed by atoms with Gasteiger partial charge < -0.3 is 9.64 Å². The number of nitrogens with zero attached hydrogens (tertiary/aromatic N) is 2. The van der Waals surface area contributed by atoms with Crippen molar-refractivity contribution >= 4 is 29.4 Å². The molecule has 0 N–H and O–H groups in total. The molecule has 1 aromatic rings. The van der Waals surface area contributed by atoms with E-state index in [2.05, 4.69) is 0 Å². The van der Waals surface area contributed by atoms with E-state index in [1.165, 1.54) is 6.92 Å². The summed E-state index contributed by atoms with van der Waals surface area (Å²) in [5.41, 5.74) is -0.127. The molecule has 0 bridgehead atoms. The van der Waals surface area contributed by atoms with Crippen LogP contribution >= 0.6 is 0 Å². The molecule has 3 rings (SSSR count). The monoisotopic (exact) mass is 428 g/mol. The predicted octanol–water partition coefficient (Wildman–Crippen LogP) is 3.84. The van der Waals surface area contributed by atoms with Gasteiger partial charge in [0.15, 0.2) is 0 Å². The zero-order chi connectivity index (χ0) is 22.8. The molecule has 2 aliphatic rings. The minimum absolute atomic E-state index is 0.00949. The smallest absolute Gasteiger partial charge is 0.308 e. The third-order valence-corrected chi connectivity index (χ3v) is 6.50. The molecule has 1 aliphatic carbocycles. The zero-order valence-electron chi connectivity index (χ0n) is 18.8. The number of amides is 3. The lowest BCUT2D eigenvalue weighted by Gasteiger charge is -2.43. The summed E-state index contributed by atoms with van der Waals surface area (Å²) in [6, 6.07) is 5.45. The maximum Gasteiger partial charge on any atom is 0.308 e. The molecule has 1 atom stereocenters. The summed E-state index contributed by atoms with van der Waals surface area (Å²) >= 11 is 0. The van der Waals surface area contributed by atoms with Gasteiger partial charge in [-0.15, -0.1) is 0 Å². The molecular formula is C24H32N2O5. The summed E-state index contributed by atoms with van der Waals surface area (Å²) in [7, 11) is 0. The van der Waals surface area contributed by atoms with Crippen LogP contribution in [0.4, 0.5) is 5.69 Å². The topological polar surface area (TPSA) is 84.0 Å². The van der Waals surface area contributed by atoms with Crippen molar-refractivity contribution in [3.05, 3.63) is 24.3 Å². The number of rotatable bonds is 6. The number of ether oxygens (including phenoxy) is 1. The lowest BCUT2D eigenvalue weighted by molar-refractivity contribution is -0.149. The Hall–Kier alpha value is -2.70. The van der Waals surface area contributed by atoms with Crippen molar-refractivity contribution in [1.82, 2.24) is 4.90 Å². The van der Waals surface area contributed by atoms with Crippen LogP contribution in [-0.4, -0.2) is 40.2 Å². The minimum Gasteiger partial charge on any atom is -0.427 e.